The molecule has 1 amide bonds. The quantitative estimate of drug-likeness (QED) is 0.657. The normalized spacial score (nSPS) is 29.3. The highest BCUT2D eigenvalue weighted by Gasteiger charge is 2.28. The zero-order chi connectivity index (χ0) is 11.5. The van der Waals surface area contributed by atoms with Crippen molar-refractivity contribution in [1.82, 2.24) is 9.80 Å². The van der Waals surface area contributed by atoms with Gasteiger partial charge in [0, 0.05) is 39.0 Å². The van der Waals surface area contributed by atoms with E-state index in [0.29, 0.717) is 24.8 Å². The van der Waals surface area contributed by atoms with Crippen LogP contribution in [-0.2, 0) is 9.59 Å². The Kier molecular flexibility index (Phi) is 3.59. The first-order chi connectivity index (χ1) is 7.66. The molecule has 1 saturated carbocycles. The molecule has 16 heavy (non-hydrogen) atoms. The number of likely N-dealkylation sites (N-methyl/N-ethyl adjacent to an activating group) is 1. The molecule has 4 nitrogen and oxygen atoms in total. The maximum absolute atomic E-state index is 11.7. The minimum atomic E-state index is 0.190. The van der Waals surface area contributed by atoms with E-state index in [1.54, 1.807) is 4.90 Å². The standard InChI is InChI=1S/C12H20N2O2/c1-13-6-3-7-14(9-12(13)16)10-4-2-5-11(15)8-10/h10H,2-9H2,1H3. The van der Waals surface area contributed by atoms with Gasteiger partial charge in [0.1, 0.15) is 5.78 Å². The first-order valence-corrected chi connectivity index (χ1v) is 6.16. The van der Waals surface area contributed by atoms with Crippen LogP contribution < -0.4 is 0 Å². The number of nitrogens with zero attached hydrogens (tertiary/aromatic N) is 2. The summed E-state index contributed by atoms with van der Waals surface area (Å²) in [6.45, 7) is 2.29. The molecule has 1 unspecified atom stereocenters. The maximum atomic E-state index is 11.7. The second-order valence-electron chi connectivity index (χ2n) is 4.93. The fourth-order valence-corrected chi connectivity index (χ4v) is 2.63. The second-order valence-corrected chi connectivity index (χ2v) is 4.93. The number of rotatable bonds is 1. The van der Waals surface area contributed by atoms with Crippen molar-refractivity contribution in [3.05, 3.63) is 0 Å². The van der Waals surface area contributed by atoms with Crippen LogP contribution in [0.5, 0.6) is 0 Å². The van der Waals surface area contributed by atoms with Crippen LogP contribution in [0.3, 0.4) is 0 Å². The number of carbonyl (C=O) groups excluding carboxylic acids is 2. The number of carbonyl (C=O) groups is 2. The summed E-state index contributed by atoms with van der Waals surface area (Å²) in [5.74, 6) is 0.553. The Balaban J connectivity index is 1.97. The zero-order valence-corrected chi connectivity index (χ0v) is 9.95. The van der Waals surface area contributed by atoms with Crippen molar-refractivity contribution >= 4 is 11.7 Å². The lowest BCUT2D eigenvalue weighted by Gasteiger charge is -2.32. The Labute approximate surface area is 96.6 Å². The molecule has 0 spiro atoms. The van der Waals surface area contributed by atoms with Crippen LogP contribution in [-0.4, -0.2) is 54.2 Å². The van der Waals surface area contributed by atoms with Crippen LogP contribution in [0, 0.1) is 0 Å². The minimum Gasteiger partial charge on any atom is -0.345 e. The molecule has 1 saturated heterocycles. The molecule has 0 aromatic carbocycles. The Morgan fingerprint density at radius 3 is 2.75 bits per heavy atom. The highest BCUT2D eigenvalue weighted by atomic mass is 16.2. The number of hydrogen-bond acceptors (Lipinski definition) is 3. The molecule has 90 valence electrons. The summed E-state index contributed by atoms with van der Waals surface area (Å²) in [7, 11) is 1.86. The van der Waals surface area contributed by atoms with E-state index in [1.807, 2.05) is 7.05 Å². The van der Waals surface area contributed by atoms with E-state index in [-0.39, 0.29) is 5.91 Å². The van der Waals surface area contributed by atoms with Gasteiger partial charge in [-0.05, 0) is 19.3 Å². The van der Waals surface area contributed by atoms with Gasteiger partial charge in [0.05, 0.1) is 6.54 Å². The van der Waals surface area contributed by atoms with E-state index in [2.05, 4.69) is 4.90 Å². The average Bonchev–Trinajstić information content (AvgIpc) is 2.42. The third-order valence-electron chi connectivity index (χ3n) is 3.68. The molecule has 2 aliphatic rings. The van der Waals surface area contributed by atoms with Crippen LogP contribution in [0.4, 0.5) is 0 Å². The number of ketones is 1. The lowest BCUT2D eigenvalue weighted by atomic mass is 9.93. The largest absolute Gasteiger partial charge is 0.345 e. The minimum absolute atomic E-state index is 0.190. The number of Topliss-reactive ketones (excluding diaryl/α,β-unsaturated/α-hetero) is 1. The van der Waals surface area contributed by atoms with Gasteiger partial charge in [-0.3, -0.25) is 14.5 Å². The van der Waals surface area contributed by atoms with Crippen molar-refractivity contribution in [2.24, 2.45) is 0 Å². The lowest BCUT2D eigenvalue weighted by Crippen LogP contribution is -2.43. The summed E-state index contributed by atoms with van der Waals surface area (Å²) in [5.41, 5.74) is 0. The molecule has 1 atom stereocenters. The van der Waals surface area contributed by atoms with Gasteiger partial charge in [0.2, 0.25) is 5.91 Å². The summed E-state index contributed by atoms with van der Waals surface area (Å²) in [6.07, 6.45) is 4.47. The topological polar surface area (TPSA) is 40.6 Å². The molecule has 1 aliphatic carbocycles. The molecule has 0 bridgehead atoms. The van der Waals surface area contributed by atoms with Crippen molar-refractivity contribution in [2.45, 2.75) is 38.1 Å². The summed E-state index contributed by atoms with van der Waals surface area (Å²) in [6, 6.07) is 0.316. The Morgan fingerprint density at radius 1 is 1.19 bits per heavy atom. The van der Waals surface area contributed by atoms with Gasteiger partial charge in [0.15, 0.2) is 0 Å². The first kappa shape index (κ1) is 11.6. The highest BCUT2D eigenvalue weighted by molar-refractivity contribution is 5.80. The van der Waals surface area contributed by atoms with Crippen LogP contribution in [0.25, 0.3) is 0 Å². The van der Waals surface area contributed by atoms with Gasteiger partial charge in [0.25, 0.3) is 0 Å². The van der Waals surface area contributed by atoms with E-state index < -0.39 is 0 Å². The van der Waals surface area contributed by atoms with Gasteiger partial charge < -0.3 is 4.90 Å². The van der Waals surface area contributed by atoms with Crippen molar-refractivity contribution in [3.8, 4) is 0 Å². The van der Waals surface area contributed by atoms with Crippen LogP contribution >= 0.6 is 0 Å². The monoisotopic (exact) mass is 224 g/mol. The SMILES string of the molecule is CN1CCCN(C2CCCC(=O)C2)CC1=O. The predicted octanol–water partition coefficient (Wildman–Crippen LogP) is 0.662. The van der Waals surface area contributed by atoms with Gasteiger partial charge in [-0.15, -0.1) is 0 Å². The third kappa shape index (κ3) is 2.61. The van der Waals surface area contributed by atoms with Crippen LogP contribution in [0.2, 0.25) is 0 Å². The lowest BCUT2D eigenvalue weighted by molar-refractivity contribution is -0.131. The number of hydrogen-bond donors (Lipinski definition) is 0. The fraction of sp³-hybridized carbons (Fsp3) is 0.833. The molecular formula is C12H20N2O2. The zero-order valence-electron chi connectivity index (χ0n) is 9.95. The van der Waals surface area contributed by atoms with Gasteiger partial charge in [-0.2, -0.15) is 0 Å². The van der Waals surface area contributed by atoms with Crippen LogP contribution in [0.15, 0.2) is 0 Å². The fourth-order valence-electron chi connectivity index (χ4n) is 2.63. The van der Waals surface area contributed by atoms with Gasteiger partial charge in [-0.1, -0.05) is 0 Å². The summed E-state index contributed by atoms with van der Waals surface area (Å²) in [4.78, 5) is 27.2. The molecule has 0 aromatic rings. The Morgan fingerprint density at radius 2 is 2.00 bits per heavy atom. The van der Waals surface area contributed by atoms with E-state index >= 15 is 0 Å². The van der Waals surface area contributed by atoms with E-state index in [0.717, 1.165) is 38.8 Å². The Hall–Kier alpha value is -0.900. The first-order valence-electron chi connectivity index (χ1n) is 6.16. The van der Waals surface area contributed by atoms with Crippen molar-refractivity contribution < 1.29 is 9.59 Å². The van der Waals surface area contributed by atoms with Crippen molar-refractivity contribution in [3.63, 3.8) is 0 Å². The molecule has 2 rings (SSSR count). The maximum Gasteiger partial charge on any atom is 0.236 e. The average molecular weight is 224 g/mol. The van der Waals surface area contributed by atoms with Gasteiger partial charge >= 0.3 is 0 Å². The Bertz CT molecular complexity index is 291. The molecule has 1 heterocycles. The molecule has 2 fully saturated rings. The van der Waals surface area contributed by atoms with E-state index in [1.165, 1.54) is 0 Å². The van der Waals surface area contributed by atoms with Crippen molar-refractivity contribution in [2.75, 3.05) is 26.7 Å². The number of amides is 1. The second kappa shape index (κ2) is 4.95. The molecule has 4 heteroatoms. The van der Waals surface area contributed by atoms with Crippen LogP contribution in [0.1, 0.15) is 32.1 Å². The molecule has 0 aromatic heterocycles. The molecule has 0 radical (unpaired) electrons. The molecular weight excluding hydrogens is 204 g/mol. The van der Waals surface area contributed by atoms with E-state index in [4.69, 9.17) is 0 Å². The van der Waals surface area contributed by atoms with Gasteiger partial charge in [-0.25, -0.2) is 0 Å². The predicted molar refractivity (Wildman–Crippen MR) is 61.1 cm³/mol. The van der Waals surface area contributed by atoms with Crippen molar-refractivity contribution in [1.29, 1.82) is 0 Å². The third-order valence-corrected chi connectivity index (χ3v) is 3.68. The summed E-state index contributed by atoms with van der Waals surface area (Å²) < 4.78 is 0. The summed E-state index contributed by atoms with van der Waals surface area (Å²) >= 11 is 0. The highest BCUT2D eigenvalue weighted by Crippen LogP contribution is 2.21. The molecule has 1 aliphatic heterocycles. The van der Waals surface area contributed by atoms with E-state index in [9.17, 15) is 9.59 Å². The molecule has 0 N–H and O–H groups in total. The smallest absolute Gasteiger partial charge is 0.236 e. The summed E-state index contributed by atoms with van der Waals surface area (Å²) in [5, 5.41) is 0.